The van der Waals surface area contributed by atoms with Crippen LogP contribution >= 0.6 is 0 Å². The van der Waals surface area contributed by atoms with Crippen molar-refractivity contribution in [3.63, 3.8) is 0 Å². The van der Waals surface area contributed by atoms with Crippen molar-refractivity contribution in [1.29, 1.82) is 0 Å². The summed E-state index contributed by atoms with van der Waals surface area (Å²) in [6, 6.07) is 22.1. The third kappa shape index (κ3) is 6.03. The van der Waals surface area contributed by atoms with Crippen LogP contribution in [0.5, 0.6) is 5.75 Å². The van der Waals surface area contributed by atoms with Crippen LogP contribution in [0.25, 0.3) is 22.2 Å². The number of carbonyl (C=O) groups is 1. The van der Waals surface area contributed by atoms with Gasteiger partial charge in [0.15, 0.2) is 0 Å². The number of unbranched alkanes of at least 4 members (excludes halogenated alkanes) is 5. The van der Waals surface area contributed by atoms with Crippen LogP contribution in [0, 0.1) is 5.21 Å². The molecular weight excluding hydrogens is 482 g/mol. The van der Waals surface area contributed by atoms with Gasteiger partial charge in [-0.25, -0.2) is 9.48 Å². The maximum absolute atomic E-state index is 12.9. The van der Waals surface area contributed by atoms with Gasteiger partial charge in [-0.3, -0.25) is 0 Å². The van der Waals surface area contributed by atoms with Gasteiger partial charge in [-0.15, -0.1) is 9.94 Å². The van der Waals surface area contributed by atoms with E-state index in [1.165, 1.54) is 19.3 Å². The molecule has 10 nitrogen and oxygen atoms in total. The number of nitrogens with zero attached hydrogens (tertiary/aromatic N) is 7. The second-order valence-corrected chi connectivity index (χ2v) is 9.11. The van der Waals surface area contributed by atoms with E-state index in [1.54, 1.807) is 47.4 Å². The molecule has 194 valence electrons. The van der Waals surface area contributed by atoms with Crippen LogP contribution in [-0.4, -0.2) is 42.6 Å². The van der Waals surface area contributed by atoms with E-state index in [4.69, 9.17) is 4.74 Å². The Morgan fingerprint density at radius 1 is 0.842 bits per heavy atom. The summed E-state index contributed by atoms with van der Waals surface area (Å²) in [7, 11) is 0. The minimum Gasteiger partial charge on any atom is -0.691 e. The molecule has 0 radical (unpaired) electrons. The van der Waals surface area contributed by atoms with Gasteiger partial charge in [-0.1, -0.05) is 66.8 Å². The zero-order chi connectivity index (χ0) is 26.2. The maximum Gasteiger partial charge on any atom is 0.366 e. The first-order valence-corrected chi connectivity index (χ1v) is 12.9. The number of hydrogen-bond donors (Lipinski definition) is 0. The second kappa shape index (κ2) is 12.1. The molecule has 0 atom stereocenters. The molecule has 5 aromatic rings. The lowest BCUT2D eigenvalue weighted by atomic mass is 10.0. The molecule has 2 aromatic heterocycles. The Labute approximate surface area is 220 Å². The predicted octanol–water partition coefficient (Wildman–Crippen LogP) is 4.43. The molecule has 0 spiro atoms. The van der Waals surface area contributed by atoms with Gasteiger partial charge in [-0.2, -0.15) is 0 Å². The Morgan fingerprint density at radius 2 is 1.53 bits per heavy atom. The molecule has 10 heteroatoms. The number of aryl methyl sites for hydroxylation is 1. The molecule has 0 unspecified atom stereocenters. The third-order valence-electron chi connectivity index (χ3n) is 6.44. The standard InChI is InChI=1S/C28H29N7O3/c36-28(34-26-9-5-6-10-27(26)35(37)32-34)24-13-11-22(12-14-24)23-15-17-25(18-16-23)38-20-8-4-2-1-3-7-19-33-21-29-30-31-33/h5-6,9-18,21H,1-4,7-8,19-20H2. The summed E-state index contributed by atoms with van der Waals surface area (Å²) in [5, 5.41) is 27.0. The Hall–Kier alpha value is -4.60. The molecule has 0 fully saturated rings. The molecule has 0 aliphatic rings. The normalized spacial score (nSPS) is 11.2. The van der Waals surface area contributed by atoms with Crippen LogP contribution < -0.4 is 9.58 Å². The number of carbonyl (C=O) groups excluding carboxylic acids is 1. The molecule has 0 N–H and O–H groups in total. The Balaban J connectivity index is 1.06. The molecule has 3 aromatic carbocycles. The lowest BCUT2D eigenvalue weighted by Crippen LogP contribution is -2.31. The van der Waals surface area contributed by atoms with Crippen LogP contribution in [0.4, 0.5) is 0 Å². The quantitative estimate of drug-likeness (QED) is 0.138. The molecule has 0 aliphatic heterocycles. The lowest BCUT2D eigenvalue weighted by molar-refractivity contribution is -0.645. The van der Waals surface area contributed by atoms with Crippen molar-refractivity contribution in [3.05, 3.63) is 89.9 Å². The number of hydrogen-bond acceptors (Lipinski definition) is 7. The van der Waals surface area contributed by atoms with Crippen molar-refractivity contribution in [2.75, 3.05) is 6.61 Å². The highest BCUT2D eigenvalue weighted by atomic mass is 16.5. The van der Waals surface area contributed by atoms with E-state index >= 15 is 0 Å². The Kier molecular flexibility index (Phi) is 7.98. The number of ether oxygens (including phenoxy) is 1. The van der Waals surface area contributed by atoms with Crippen molar-refractivity contribution in [3.8, 4) is 16.9 Å². The smallest absolute Gasteiger partial charge is 0.366 e. The molecule has 0 saturated heterocycles. The Bertz CT molecular complexity index is 1460. The molecule has 38 heavy (non-hydrogen) atoms. The topological polar surface area (TPSA) is 115 Å². The summed E-state index contributed by atoms with van der Waals surface area (Å²) in [5.41, 5.74) is 3.30. The van der Waals surface area contributed by atoms with E-state index in [2.05, 4.69) is 20.7 Å². The van der Waals surface area contributed by atoms with E-state index in [0.717, 1.165) is 47.4 Å². The molecule has 5 rings (SSSR count). The summed E-state index contributed by atoms with van der Waals surface area (Å²) in [6.07, 6.45) is 8.51. The largest absolute Gasteiger partial charge is 0.691 e. The van der Waals surface area contributed by atoms with Crippen LogP contribution in [0.3, 0.4) is 0 Å². The monoisotopic (exact) mass is 511 g/mol. The van der Waals surface area contributed by atoms with Gasteiger partial charge in [0.05, 0.1) is 12.2 Å². The van der Waals surface area contributed by atoms with Crippen molar-refractivity contribution in [1.82, 2.24) is 30.1 Å². The molecule has 0 aliphatic carbocycles. The minimum atomic E-state index is -0.351. The summed E-state index contributed by atoms with van der Waals surface area (Å²) in [4.78, 5) is 13.4. The average molecular weight is 512 g/mol. The van der Waals surface area contributed by atoms with Crippen molar-refractivity contribution < 1.29 is 14.4 Å². The lowest BCUT2D eigenvalue weighted by Gasteiger charge is -2.08. The van der Waals surface area contributed by atoms with Gasteiger partial charge in [0.2, 0.25) is 11.0 Å². The number of benzene rings is 3. The number of tetrazole rings is 1. The van der Waals surface area contributed by atoms with Crippen LogP contribution in [0.2, 0.25) is 0 Å². The van der Waals surface area contributed by atoms with Crippen molar-refractivity contribution in [2.24, 2.45) is 0 Å². The van der Waals surface area contributed by atoms with E-state index in [-0.39, 0.29) is 5.91 Å². The fraction of sp³-hybridized carbons (Fsp3) is 0.286. The first-order valence-electron chi connectivity index (χ1n) is 12.9. The van der Waals surface area contributed by atoms with Gasteiger partial charge in [0, 0.05) is 6.54 Å². The number of aromatic nitrogens is 7. The third-order valence-corrected chi connectivity index (χ3v) is 6.44. The zero-order valence-corrected chi connectivity index (χ0v) is 21.0. The van der Waals surface area contributed by atoms with Crippen molar-refractivity contribution >= 4 is 16.9 Å². The van der Waals surface area contributed by atoms with Gasteiger partial charge in [-0.05, 0) is 70.8 Å². The maximum atomic E-state index is 12.9. The van der Waals surface area contributed by atoms with E-state index < -0.39 is 0 Å². The van der Waals surface area contributed by atoms with Gasteiger partial charge in [0.1, 0.15) is 17.3 Å². The van der Waals surface area contributed by atoms with Crippen LogP contribution in [0.15, 0.2) is 79.1 Å². The van der Waals surface area contributed by atoms with Crippen LogP contribution in [-0.2, 0) is 6.54 Å². The van der Waals surface area contributed by atoms with Gasteiger partial charge in [0.25, 0.3) is 0 Å². The Morgan fingerprint density at radius 3 is 2.26 bits per heavy atom. The molecule has 0 bridgehead atoms. The summed E-state index contributed by atoms with van der Waals surface area (Å²) >= 11 is 0. The number of rotatable bonds is 12. The SMILES string of the molecule is O=C(c1ccc(-c2ccc(OCCCCCCCCn3cnnn3)cc2)cc1)n1n[n+]([O-])c2ccccc21. The van der Waals surface area contributed by atoms with Gasteiger partial charge >= 0.3 is 5.91 Å². The zero-order valence-electron chi connectivity index (χ0n) is 21.0. The summed E-state index contributed by atoms with van der Waals surface area (Å²) < 4.78 is 8.81. The van der Waals surface area contributed by atoms with Crippen LogP contribution in [0.1, 0.15) is 48.9 Å². The van der Waals surface area contributed by atoms with Crippen molar-refractivity contribution in [2.45, 2.75) is 45.1 Å². The van der Waals surface area contributed by atoms with E-state index in [0.29, 0.717) is 28.0 Å². The highest BCUT2D eigenvalue weighted by Crippen LogP contribution is 2.23. The molecule has 0 amide bonds. The first-order chi connectivity index (χ1) is 18.7. The molecular formula is C28H29N7O3. The second-order valence-electron chi connectivity index (χ2n) is 9.11. The fourth-order valence-electron chi connectivity index (χ4n) is 4.36. The predicted molar refractivity (Wildman–Crippen MR) is 141 cm³/mol. The first kappa shape index (κ1) is 25.1. The van der Waals surface area contributed by atoms with E-state index in [9.17, 15) is 10.0 Å². The average Bonchev–Trinajstić information content (AvgIpc) is 3.60. The minimum absolute atomic E-state index is 0.351. The molecule has 2 heterocycles. The number of fused-ring (bicyclic) bond motifs is 1. The summed E-state index contributed by atoms with van der Waals surface area (Å²) in [5.74, 6) is 0.494. The highest BCUT2D eigenvalue weighted by molar-refractivity contribution is 5.99. The molecule has 0 saturated carbocycles. The van der Waals surface area contributed by atoms with Gasteiger partial charge < -0.3 is 9.94 Å². The highest BCUT2D eigenvalue weighted by Gasteiger charge is 2.22. The number of para-hydroxylation sites is 2. The summed E-state index contributed by atoms with van der Waals surface area (Å²) in [6.45, 7) is 1.58. The van der Waals surface area contributed by atoms with E-state index in [1.807, 2.05) is 36.4 Å². The fourth-order valence-corrected chi connectivity index (χ4v) is 4.36.